The van der Waals surface area contributed by atoms with Crippen molar-refractivity contribution in [2.75, 3.05) is 54.5 Å². The monoisotopic (exact) mass is 385 g/mol. The average Bonchev–Trinajstić information content (AvgIpc) is 2.74. The maximum atomic E-state index is 12.0. The zero-order valence-electron chi connectivity index (χ0n) is 16.4. The van der Waals surface area contributed by atoms with Crippen molar-refractivity contribution >= 4 is 23.3 Å². The molecule has 0 atom stereocenters. The summed E-state index contributed by atoms with van der Waals surface area (Å²) in [5.41, 5.74) is 1.59. The molecule has 1 fully saturated rings. The number of aromatic nitrogens is 2. The van der Waals surface area contributed by atoms with Crippen molar-refractivity contribution < 1.29 is 14.3 Å². The van der Waals surface area contributed by atoms with Crippen LogP contribution in [0.25, 0.3) is 0 Å². The molecular formula is C20H27N5O3. The first kappa shape index (κ1) is 19.7. The summed E-state index contributed by atoms with van der Waals surface area (Å²) in [7, 11) is 0. The molecule has 1 aromatic carbocycles. The normalized spacial score (nSPS) is 13.9. The van der Waals surface area contributed by atoms with Gasteiger partial charge in [0.1, 0.15) is 5.82 Å². The third-order valence-electron chi connectivity index (χ3n) is 4.45. The van der Waals surface area contributed by atoms with Crippen LogP contribution in [0.15, 0.2) is 36.8 Å². The second-order valence-corrected chi connectivity index (χ2v) is 6.39. The van der Waals surface area contributed by atoms with Crippen LogP contribution in [0.2, 0.25) is 0 Å². The second-order valence-electron chi connectivity index (χ2n) is 6.39. The van der Waals surface area contributed by atoms with E-state index in [1.807, 2.05) is 32.0 Å². The first-order valence-electron chi connectivity index (χ1n) is 9.68. The number of rotatable bonds is 7. The summed E-state index contributed by atoms with van der Waals surface area (Å²) in [6.45, 7) is 8.10. The summed E-state index contributed by atoms with van der Waals surface area (Å²) < 4.78 is 11.0. The minimum atomic E-state index is -0.465. The molecule has 2 aromatic rings. The number of hydrogen-bond acceptors (Lipinski definition) is 7. The number of piperazine rings is 1. The van der Waals surface area contributed by atoms with E-state index in [9.17, 15) is 4.79 Å². The van der Waals surface area contributed by atoms with Crippen LogP contribution in [-0.2, 0) is 4.74 Å². The molecule has 8 heteroatoms. The van der Waals surface area contributed by atoms with Gasteiger partial charge in [-0.15, -0.1) is 0 Å². The van der Waals surface area contributed by atoms with Gasteiger partial charge in [0.15, 0.2) is 5.75 Å². The number of carbonyl (C=O) groups is 1. The van der Waals surface area contributed by atoms with E-state index in [0.29, 0.717) is 24.7 Å². The number of hydrogen-bond donors (Lipinski definition) is 1. The van der Waals surface area contributed by atoms with Crippen LogP contribution in [0.5, 0.6) is 5.75 Å². The molecule has 0 bridgehead atoms. The minimum absolute atomic E-state index is 0.389. The summed E-state index contributed by atoms with van der Waals surface area (Å²) in [6, 6.07) is 5.77. The third kappa shape index (κ3) is 4.82. The molecule has 1 aliphatic heterocycles. The van der Waals surface area contributed by atoms with E-state index < -0.39 is 6.09 Å². The van der Waals surface area contributed by atoms with Crippen molar-refractivity contribution in [3.05, 3.63) is 36.8 Å². The molecule has 0 radical (unpaired) electrons. The Balaban J connectivity index is 1.72. The second kappa shape index (κ2) is 9.77. The van der Waals surface area contributed by atoms with Crippen molar-refractivity contribution in [1.82, 2.24) is 9.97 Å². The molecule has 1 amide bonds. The largest absolute Gasteiger partial charge is 0.490 e. The van der Waals surface area contributed by atoms with Crippen molar-refractivity contribution in [1.29, 1.82) is 0 Å². The predicted octanol–water partition coefficient (Wildman–Crippen LogP) is 3.16. The van der Waals surface area contributed by atoms with Crippen molar-refractivity contribution in [2.45, 2.75) is 20.3 Å². The molecule has 28 heavy (non-hydrogen) atoms. The Bertz CT molecular complexity index is 764. The first-order chi connectivity index (χ1) is 13.7. The Kier molecular flexibility index (Phi) is 6.89. The maximum absolute atomic E-state index is 12.0. The number of para-hydroxylation sites is 1. The van der Waals surface area contributed by atoms with Gasteiger partial charge in [-0.05, 0) is 25.5 Å². The molecule has 1 saturated heterocycles. The molecule has 8 nitrogen and oxygen atoms in total. The molecule has 150 valence electrons. The highest BCUT2D eigenvalue weighted by atomic mass is 16.5. The van der Waals surface area contributed by atoms with Gasteiger partial charge in [0.05, 0.1) is 30.8 Å². The van der Waals surface area contributed by atoms with Gasteiger partial charge in [0, 0.05) is 38.6 Å². The van der Waals surface area contributed by atoms with Gasteiger partial charge >= 0.3 is 6.09 Å². The quantitative estimate of drug-likeness (QED) is 0.784. The first-order valence-corrected chi connectivity index (χ1v) is 9.68. The lowest BCUT2D eigenvalue weighted by atomic mass is 10.2. The highest BCUT2D eigenvalue weighted by Crippen LogP contribution is 2.37. The molecule has 0 saturated carbocycles. The van der Waals surface area contributed by atoms with E-state index in [1.54, 1.807) is 18.6 Å². The van der Waals surface area contributed by atoms with E-state index in [2.05, 4.69) is 25.1 Å². The van der Waals surface area contributed by atoms with Crippen LogP contribution in [0.1, 0.15) is 20.3 Å². The Labute approximate surface area is 165 Å². The van der Waals surface area contributed by atoms with Crippen LogP contribution < -0.4 is 19.9 Å². The Hall–Kier alpha value is -3.03. The van der Waals surface area contributed by atoms with Gasteiger partial charge in [-0.1, -0.05) is 13.0 Å². The molecule has 0 spiro atoms. The molecule has 1 N–H and O–H groups in total. The summed E-state index contributed by atoms with van der Waals surface area (Å²) in [5.74, 6) is 1.56. The number of anilines is 3. The molecule has 3 rings (SSSR count). The fourth-order valence-corrected chi connectivity index (χ4v) is 3.14. The van der Waals surface area contributed by atoms with Crippen LogP contribution >= 0.6 is 0 Å². The third-order valence-corrected chi connectivity index (χ3v) is 4.45. The number of carbonyl (C=O) groups excluding carboxylic acids is 1. The van der Waals surface area contributed by atoms with Gasteiger partial charge in [-0.3, -0.25) is 10.3 Å². The number of benzene rings is 1. The van der Waals surface area contributed by atoms with E-state index in [1.165, 1.54) is 0 Å². The standard InChI is InChI=1S/C20H27N5O3/c1-3-14-28-20(26)23-16-6-5-7-17(19(16)27-4-2)24-10-12-25(13-11-24)18-15-21-8-9-22-18/h5-9,15H,3-4,10-14H2,1-2H3,(H,23,26). The van der Waals surface area contributed by atoms with Crippen molar-refractivity contribution in [3.63, 3.8) is 0 Å². The van der Waals surface area contributed by atoms with Crippen LogP contribution in [-0.4, -0.2) is 55.5 Å². The number of ether oxygens (including phenoxy) is 2. The number of nitrogens with zero attached hydrogens (tertiary/aromatic N) is 4. The molecule has 0 unspecified atom stereocenters. The molecule has 0 aliphatic carbocycles. The Morgan fingerprint density at radius 1 is 1.14 bits per heavy atom. The average molecular weight is 385 g/mol. The van der Waals surface area contributed by atoms with Crippen molar-refractivity contribution in [3.8, 4) is 5.75 Å². The predicted molar refractivity (Wildman–Crippen MR) is 109 cm³/mol. The summed E-state index contributed by atoms with van der Waals surface area (Å²) in [5, 5.41) is 2.80. The zero-order valence-corrected chi connectivity index (χ0v) is 16.4. The lowest BCUT2D eigenvalue weighted by Crippen LogP contribution is -2.47. The maximum Gasteiger partial charge on any atom is 0.411 e. The Morgan fingerprint density at radius 3 is 2.61 bits per heavy atom. The van der Waals surface area contributed by atoms with E-state index in [4.69, 9.17) is 9.47 Å². The molecule has 2 heterocycles. The number of nitrogens with one attached hydrogen (secondary N) is 1. The van der Waals surface area contributed by atoms with E-state index in [-0.39, 0.29) is 0 Å². The molecular weight excluding hydrogens is 358 g/mol. The number of amides is 1. The van der Waals surface area contributed by atoms with Crippen molar-refractivity contribution in [2.24, 2.45) is 0 Å². The smallest absolute Gasteiger partial charge is 0.411 e. The van der Waals surface area contributed by atoms with Crippen LogP contribution in [0, 0.1) is 0 Å². The van der Waals surface area contributed by atoms with Gasteiger partial charge in [0.2, 0.25) is 0 Å². The topological polar surface area (TPSA) is 79.8 Å². The SMILES string of the molecule is CCCOC(=O)Nc1cccc(N2CCN(c3cnccn3)CC2)c1OCC. The summed E-state index contributed by atoms with van der Waals surface area (Å²) in [4.78, 5) is 25.0. The fraction of sp³-hybridized carbons (Fsp3) is 0.450. The Morgan fingerprint density at radius 2 is 1.93 bits per heavy atom. The molecule has 1 aromatic heterocycles. The van der Waals surface area contributed by atoms with E-state index in [0.717, 1.165) is 44.1 Å². The summed E-state index contributed by atoms with van der Waals surface area (Å²) >= 11 is 0. The van der Waals surface area contributed by atoms with Gasteiger partial charge in [-0.25, -0.2) is 9.78 Å². The molecule has 1 aliphatic rings. The van der Waals surface area contributed by atoms with E-state index >= 15 is 0 Å². The lowest BCUT2D eigenvalue weighted by Gasteiger charge is -2.37. The zero-order chi connectivity index (χ0) is 19.8. The van der Waals surface area contributed by atoms with Gasteiger partial charge in [-0.2, -0.15) is 0 Å². The lowest BCUT2D eigenvalue weighted by molar-refractivity contribution is 0.161. The minimum Gasteiger partial charge on any atom is -0.490 e. The fourth-order valence-electron chi connectivity index (χ4n) is 3.14. The highest BCUT2D eigenvalue weighted by Gasteiger charge is 2.22. The summed E-state index contributed by atoms with van der Waals surface area (Å²) in [6.07, 6.45) is 5.49. The van der Waals surface area contributed by atoms with Crippen LogP contribution in [0.3, 0.4) is 0 Å². The van der Waals surface area contributed by atoms with Gasteiger partial charge < -0.3 is 19.3 Å². The van der Waals surface area contributed by atoms with Crippen LogP contribution in [0.4, 0.5) is 22.0 Å². The highest BCUT2D eigenvalue weighted by molar-refractivity contribution is 5.89. The van der Waals surface area contributed by atoms with Gasteiger partial charge in [0.25, 0.3) is 0 Å².